The largest absolute Gasteiger partial charge is 0.478 e. The zero-order valence-electron chi connectivity index (χ0n) is 12.1. The lowest BCUT2D eigenvalue weighted by Gasteiger charge is -2.33. The topological polar surface area (TPSA) is 83.6 Å². The number of carboxylic acids is 1. The Labute approximate surface area is 131 Å². The Hall–Kier alpha value is -2.15. The molecule has 3 heterocycles. The molecule has 22 heavy (non-hydrogen) atoms. The number of hydrogen-bond acceptors (Lipinski definition) is 5. The summed E-state index contributed by atoms with van der Waals surface area (Å²) < 4.78 is 5.14. The van der Waals surface area contributed by atoms with E-state index in [2.05, 4.69) is 4.98 Å². The first-order valence-corrected chi connectivity index (χ1v) is 7.99. The Kier molecular flexibility index (Phi) is 3.98. The molecule has 0 aliphatic carbocycles. The molecule has 7 heteroatoms. The molecule has 0 unspecified atom stereocenters. The van der Waals surface area contributed by atoms with Crippen LogP contribution in [0, 0.1) is 6.92 Å². The van der Waals surface area contributed by atoms with Crippen LogP contribution < -0.4 is 0 Å². The van der Waals surface area contributed by atoms with E-state index in [4.69, 9.17) is 9.52 Å². The second-order valence-electron chi connectivity index (χ2n) is 5.34. The monoisotopic (exact) mass is 320 g/mol. The molecule has 1 amide bonds. The molecule has 1 aliphatic heterocycles. The molecule has 0 spiro atoms. The molecule has 2 aromatic heterocycles. The number of thiazole rings is 1. The predicted octanol–water partition coefficient (Wildman–Crippen LogP) is 3.11. The third-order valence-electron chi connectivity index (χ3n) is 3.74. The summed E-state index contributed by atoms with van der Waals surface area (Å²) in [4.78, 5) is 29.8. The first kappa shape index (κ1) is 14.8. The van der Waals surface area contributed by atoms with Crippen molar-refractivity contribution in [3.05, 3.63) is 39.7 Å². The van der Waals surface area contributed by atoms with Gasteiger partial charge >= 0.3 is 5.97 Å². The Morgan fingerprint density at radius 3 is 2.91 bits per heavy atom. The van der Waals surface area contributed by atoms with E-state index in [1.54, 1.807) is 16.2 Å². The van der Waals surface area contributed by atoms with Gasteiger partial charge in [-0.25, -0.2) is 9.78 Å². The van der Waals surface area contributed by atoms with E-state index in [0.717, 1.165) is 36.2 Å². The van der Waals surface area contributed by atoms with Gasteiger partial charge in [-0.3, -0.25) is 4.79 Å². The van der Waals surface area contributed by atoms with Gasteiger partial charge in [0.25, 0.3) is 5.91 Å². The summed E-state index contributed by atoms with van der Waals surface area (Å²) in [5.41, 5.74) is 0.936. The van der Waals surface area contributed by atoms with E-state index >= 15 is 0 Å². The normalized spacial score (nSPS) is 18.4. The number of likely N-dealkylation sites (tertiary alicyclic amines) is 1. The molecule has 1 saturated heterocycles. The Morgan fingerprint density at radius 2 is 2.27 bits per heavy atom. The van der Waals surface area contributed by atoms with Gasteiger partial charge in [-0.05, 0) is 26.2 Å². The van der Waals surface area contributed by atoms with Crippen molar-refractivity contribution in [3.63, 3.8) is 0 Å². The fourth-order valence-electron chi connectivity index (χ4n) is 2.66. The number of aromatic carboxylic acids is 1. The summed E-state index contributed by atoms with van der Waals surface area (Å²) in [6.45, 7) is 2.56. The Balaban J connectivity index is 1.86. The number of aromatic nitrogens is 1. The quantitative estimate of drug-likeness (QED) is 0.939. The molecule has 3 rings (SSSR count). The first-order chi connectivity index (χ1) is 10.6. The van der Waals surface area contributed by atoms with Gasteiger partial charge in [-0.1, -0.05) is 0 Å². The molecule has 1 atom stereocenters. The molecule has 1 N–H and O–H groups in total. The minimum atomic E-state index is -1.10. The number of rotatable bonds is 3. The van der Waals surface area contributed by atoms with Crippen LogP contribution in [-0.2, 0) is 0 Å². The van der Waals surface area contributed by atoms with E-state index < -0.39 is 5.97 Å². The van der Waals surface area contributed by atoms with E-state index in [0.29, 0.717) is 6.54 Å². The van der Waals surface area contributed by atoms with Crippen LogP contribution in [0.15, 0.2) is 22.1 Å². The van der Waals surface area contributed by atoms with Gasteiger partial charge < -0.3 is 14.4 Å². The minimum absolute atomic E-state index is 0.0120. The van der Waals surface area contributed by atoms with Crippen LogP contribution in [0.5, 0.6) is 0 Å². The SMILES string of the molecule is Cc1csc([C@H]2CCCCN2C(=O)c2cc(C(=O)O)co2)n1. The van der Waals surface area contributed by atoms with E-state index in [-0.39, 0.29) is 23.3 Å². The third kappa shape index (κ3) is 2.76. The maximum Gasteiger partial charge on any atom is 0.338 e. The molecule has 1 fully saturated rings. The zero-order chi connectivity index (χ0) is 15.7. The fraction of sp³-hybridized carbons (Fsp3) is 0.400. The number of aryl methyl sites for hydroxylation is 1. The van der Waals surface area contributed by atoms with Crippen molar-refractivity contribution in [1.29, 1.82) is 0 Å². The van der Waals surface area contributed by atoms with Crippen molar-refractivity contribution >= 4 is 23.2 Å². The summed E-state index contributed by atoms with van der Waals surface area (Å²) in [5.74, 6) is -1.31. The zero-order valence-corrected chi connectivity index (χ0v) is 12.9. The summed E-state index contributed by atoms with van der Waals surface area (Å²) in [7, 11) is 0. The molecule has 0 bridgehead atoms. The Bertz CT molecular complexity index is 706. The number of nitrogens with zero attached hydrogens (tertiary/aromatic N) is 2. The minimum Gasteiger partial charge on any atom is -0.478 e. The number of amides is 1. The van der Waals surface area contributed by atoms with Crippen LogP contribution in [-0.4, -0.2) is 33.4 Å². The lowest BCUT2D eigenvalue weighted by molar-refractivity contribution is 0.0578. The van der Waals surface area contributed by atoms with Gasteiger partial charge in [0.2, 0.25) is 0 Å². The molecule has 0 aromatic carbocycles. The highest BCUT2D eigenvalue weighted by molar-refractivity contribution is 7.09. The van der Waals surface area contributed by atoms with Crippen LogP contribution in [0.25, 0.3) is 0 Å². The van der Waals surface area contributed by atoms with Crippen LogP contribution >= 0.6 is 11.3 Å². The maximum atomic E-state index is 12.6. The van der Waals surface area contributed by atoms with Gasteiger partial charge in [-0.2, -0.15) is 0 Å². The standard InChI is InChI=1S/C15H16N2O4S/c1-9-8-22-13(16-9)11-4-2-3-5-17(11)14(18)12-6-10(7-21-12)15(19)20/h6-8,11H,2-5H2,1H3,(H,19,20)/t11-/m1/s1. The molecular formula is C15H16N2O4S. The van der Waals surface area contributed by atoms with Crippen LogP contribution in [0.4, 0.5) is 0 Å². The Morgan fingerprint density at radius 1 is 1.45 bits per heavy atom. The van der Waals surface area contributed by atoms with Crippen molar-refractivity contribution in [3.8, 4) is 0 Å². The summed E-state index contributed by atoms with van der Waals surface area (Å²) >= 11 is 1.55. The van der Waals surface area contributed by atoms with Crippen molar-refractivity contribution in [2.45, 2.75) is 32.2 Å². The average molecular weight is 320 g/mol. The number of furan rings is 1. The van der Waals surface area contributed by atoms with Crippen molar-refractivity contribution < 1.29 is 19.1 Å². The summed E-state index contributed by atoms with van der Waals surface area (Å²) in [6, 6.07) is 1.22. The number of carboxylic acid groups (broad SMARTS) is 1. The summed E-state index contributed by atoms with van der Waals surface area (Å²) in [5, 5.41) is 11.8. The van der Waals surface area contributed by atoms with Crippen LogP contribution in [0.1, 0.15) is 56.9 Å². The highest BCUT2D eigenvalue weighted by Gasteiger charge is 2.32. The molecule has 0 radical (unpaired) electrons. The molecular weight excluding hydrogens is 304 g/mol. The molecule has 1 aliphatic rings. The second-order valence-corrected chi connectivity index (χ2v) is 6.23. The number of carbonyl (C=O) groups is 2. The van der Waals surface area contributed by atoms with Crippen LogP contribution in [0.2, 0.25) is 0 Å². The number of piperidine rings is 1. The van der Waals surface area contributed by atoms with Crippen molar-refractivity contribution in [2.24, 2.45) is 0 Å². The molecule has 0 saturated carbocycles. The maximum absolute atomic E-state index is 12.6. The highest BCUT2D eigenvalue weighted by atomic mass is 32.1. The van der Waals surface area contributed by atoms with E-state index in [1.807, 2.05) is 12.3 Å². The molecule has 6 nitrogen and oxygen atoms in total. The smallest absolute Gasteiger partial charge is 0.338 e. The fourth-order valence-corrected chi connectivity index (χ4v) is 3.60. The number of hydrogen-bond donors (Lipinski definition) is 1. The van der Waals surface area contributed by atoms with Crippen molar-refractivity contribution in [1.82, 2.24) is 9.88 Å². The highest BCUT2D eigenvalue weighted by Crippen LogP contribution is 2.33. The lowest BCUT2D eigenvalue weighted by Crippen LogP contribution is -2.38. The van der Waals surface area contributed by atoms with E-state index in [1.165, 1.54) is 6.07 Å². The molecule has 116 valence electrons. The van der Waals surface area contributed by atoms with Gasteiger partial charge in [0.1, 0.15) is 11.3 Å². The third-order valence-corrected chi connectivity index (χ3v) is 4.81. The number of carbonyl (C=O) groups excluding carboxylic acids is 1. The van der Waals surface area contributed by atoms with Gasteiger partial charge in [-0.15, -0.1) is 11.3 Å². The summed E-state index contributed by atoms with van der Waals surface area (Å²) in [6.07, 6.45) is 3.94. The first-order valence-electron chi connectivity index (χ1n) is 7.11. The average Bonchev–Trinajstić information content (AvgIpc) is 3.15. The van der Waals surface area contributed by atoms with Crippen molar-refractivity contribution in [2.75, 3.05) is 6.54 Å². The molecule has 2 aromatic rings. The van der Waals surface area contributed by atoms with Gasteiger partial charge in [0.15, 0.2) is 5.76 Å². The van der Waals surface area contributed by atoms with Gasteiger partial charge in [0.05, 0.1) is 11.6 Å². The lowest BCUT2D eigenvalue weighted by atomic mass is 10.0. The predicted molar refractivity (Wildman–Crippen MR) is 80.1 cm³/mol. The van der Waals surface area contributed by atoms with E-state index in [9.17, 15) is 9.59 Å². The van der Waals surface area contributed by atoms with Gasteiger partial charge in [0, 0.05) is 23.7 Å². The van der Waals surface area contributed by atoms with Crippen LogP contribution in [0.3, 0.4) is 0 Å². The second kappa shape index (κ2) is 5.92.